The lowest BCUT2D eigenvalue weighted by atomic mass is 9.95. The van der Waals surface area contributed by atoms with Crippen LogP contribution in [0.25, 0.3) is 0 Å². The van der Waals surface area contributed by atoms with Crippen molar-refractivity contribution in [3.63, 3.8) is 0 Å². The van der Waals surface area contributed by atoms with Crippen molar-refractivity contribution in [3.05, 3.63) is 18.3 Å². The van der Waals surface area contributed by atoms with E-state index in [4.69, 9.17) is 5.73 Å². The highest BCUT2D eigenvalue weighted by Gasteiger charge is 2.33. The normalized spacial score (nSPS) is 18.1. The molecule has 1 aliphatic carbocycles. The Hall–Kier alpha value is -1.63. The number of carbonyl (C=O) groups excluding carboxylic acids is 1. The molecule has 0 radical (unpaired) electrons. The van der Waals surface area contributed by atoms with Gasteiger partial charge in [-0.05, 0) is 31.9 Å². The van der Waals surface area contributed by atoms with Gasteiger partial charge in [0.15, 0.2) is 5.03 Å². The van der Waals surface area contributed by atoms with E-state index in [2.05, 4.69) is 10.3 Å². The predicted molar refractivity (Wildman–Crippen MR) is 80.3 cm³/mol. The second-order valence-corrected chi connectivity index (χ2v) is 7.61. The molecule has 116 valence electrons. The fourth-order valence-corrected chi connectivity index (χ4v) is 3.80. The van der Waals surface area contributed by atoms with Crippen LogP contribution in [0.4, 0.5) is 5.69 Å². The Morgan fingerprint density at radius 2 is 2.05 bits per heavy atom. The largest absolute Gasteiger partial charge is 0.396 e. The monoisotopic (exact) mass is 311 g/mol. The van der Waals surface area contributed by atoms with E-state index in [1.54, 1.807) is 6.07 Å². The summed E-state index contributed by atoms with van der Waals surface area (Å²) in [6.07, 6.45) is 6.48. The van der Waals surface area contributed by atoms with Gasteiger partial charge >= 0.3 is 0 Å². The molecule has 6 nitrogen and oxygen atoms in total. The molecule has 1 unspecified atom stereocenters. The SMILES string of the molecule is CC(C(=O)NC1CCCCC1)S(=O)(=O)c1ncccc1N. The van der Waals surface area contributed by atoms with E-state index in [0.717, 1.165) is 25.7 Å². The number of anilines is 1. The van der Waals surface area contributed by atoms with Gasteiger partial charge in [0.25, 0.3) is 0 Å². The zero-order valence-electron chi connectivity index (χ0n) is 12.1. The van der Waals surface area contributed by atoms with Crippen molar-refractivity contribution in [2.75, 3.05) is 5.73 Å². The van der Waals surface area contributed by atoms with Gasteiger partial charge in [-0.1, -0.05) is 19.3 Å². The Bertz CT molecular complexity index is 610. The first-order valence-electron chi connectivity index (χ1n) is 7.17. The van der Waals surface area contributed by atoms with Crippen LogP contribution >= 0.6 is 0 Å². The van der Waals surface area contributed by atoms with Gasteiger partial charge in [-0.25, -0.2) is 13.4 Å². The highest BCUT2D eigenvalue weighted by molar-refractivity contribution is 7.92. The maximum atomic E-state index is 12.4. The molecule has 0 saturated heterocycles. The molecular weight excluding hydrogens is 290 g/mol. The van der Waals surface area contributed by atoms with E-state index in [0.29, 0.717) is 0 Å². The van der Waals surface area contributed by atoms with Crippen molar-refractivity contribution in [2.45, 2.75) is 55.3 Å². The standard InChI is InChI=1S/C14H21N3O3S/c1-10(13(18)17-11-6-3-2-4-7-11)21(19,20)14-12(15)8-5-9-16-14/h5,8-11H,2-4,6-7,15H2,1H3,(H,17,18). The lowest BCUT2D eigenvalue weighted by Crippen LogP contribution is -2.44. The molecule has 21 heavy (non-hydrogen) atoms. The van der Waals surface area contributed by atoms with Gasteiger partial charge in [0.05, 0.1) is 5.69 Å². The molecule has 1 aliphatic rings. The summed E-state index contributed by atoms with van der Waals surface area (Å²) >= 11 is 0. The van der Waals surface area contributed by atoms with Crippen molar-refractivity contribution in [1.29, 1.82) is 0 Å². The third kappa shape index (κ3) is 3.53. The molecule has 1 atom stereocenters. The third-order valence-corrected chi connectivity index (χ3v) is 5.88. The Morgan fingerprint density at radius 3 is 2.67 bits per heavy atom. The molecule has 0 spiro atoms. The van der Waals surface area contributed by atoms with Crippen LogP contribution in [0.3, 0.4) is 0 Å². The van der Waals surface area contributed by atoms with Crippen LogP contribution in [-0.2, 0) is 14.6 Å². The summed E-state index contributed by atoms with van der Waals surface area (Å²) in [5, 5.41) is 1.40. The van der Waals surface area contributed by atoms with Crippen LogP contribution in [0.1, 0.15) is 39.0 Å². The third-order valence-electron chi connectivity index (χ3n) is 3.86. The molecular formula is C14H21N3O3S. The zero-order valence-corrected chi connectivity index (χ0v) is 12.9. The molecule has 1 fully saturated rings. The van der Waals surface area contributed by atoms with Gasteiger partial charge in [0, 0.05) is 12.2 Å². The summed E-state index contributed by atoms with van der Waals surface area (Å²) in [5.74, 6) is -0.480. The number of pyridine rings is 1. The Kier molecular flexibility index (Phi) is 4.82. The number of nitrogen functional groups attached to an aromatic ring is 1. The second kappa shape index (κ2) is 6.43. The molecule has 1 amide bonds. The zero-order chi connectivity index (χ0) is 15.5. The van der Waals surface area contributed by atoms with Gasteiger partial charge in [-0.3, -0.25) is 4.79 Å². The molecule has 0 aromatic carbocycles. The highest BCUT2D eigenvalue weighted by atomic mass is 32.2. The first-order chi connectivity index (χ1) is 9.93. The fourth-order valence-electron chi connectivity index (χ4n) is 2.51. The number of hydrogen-bond donors (Lipinski definition) is 2. The molecule has 0 bridgehead atoms. The number of hydrogen-bond acceptors (Lipinski definition) is 5. The minimum atomic E-state index is -3.87. The van der Waals surface area contributed by atoms with Crippen LogP contribution < -0.4 is 11.1 Å². The maximum Gasteiger partial charge on any atom is 0.238 e. The number of nitrogens with two attached hydrogens (primary N) is 1. The highest BCUT2D eigenvalue weighted by Crippen LogP contribution is 2.21. The van der Waals surface area contributed by atoms with Crippen molar-refractivity contribution in [3.8, 4) is 0 Å². The average Bonchev–Trinajstić information content (AvgIpc) is 2.47. The minimum absolute atomic E-state index is 0.0646. The Labute approximate surface area is 125 Å². The van der Waals surface area contributed by atoms with Gasteiger partial charge in [0.2, 0.25) is 15.7 Å². The molecule has 1 aromatic rings. The van der Waals surface area contributed by atoms with E-state index in [1.165, 1.54) is 25.6 Å². The molecule has 7 heteroatoms. The molecule has 1 heterocycles. The average molecular weight is 311 g/mol. The first kappa shape index (κ1) is 15.8. The number of sulfone groups is 1. The van der Waals surface area contributed by atoms with Crippen molar-refractivity contribution in [2.24, 2.45) is 0 Å². The number of nitrogens with one attached hydrogen (secondary N) is 1. The number of carbonyl (C=O) groups is 1. The van der Waals surface area contributed by atoms with Gasteiger partial charge in [-0.15, -0.1) is 0 Å². The summed E-state index contributed by atoms with van der Waals surface area (Å²) in [5.41, 5.74) is 5.72. The molecule has 1 aromatic heterocycles. The number of amides is 1. The lowest BCUT2D eigenvalue weighted by Gasteiger charge is -2.24. The summed E-state index contributed by atoms with van der Waals surface area (Å²) in [6, 6.07) is 3.09. The van der Waals surface area contributed by atoms with Crippen LogP contribution in [0.2, 0.25) is 0 Å². The van der Waals surface area contributed by atoms with E-state index in [-0.39, 0.29) is 16.8 Å². The fraction of sp³-hybridized carbons (Fsp3) is 0.571. The quantitative estimate of drug-likeness (QED) is 0.872. The topological polar surface area (TPSA) is 102 Å². The molecule has 3 N–H and O–H groups in total. The second-order valence-electron chi connectivity index (χ2n) is 5.43. The summed E-state index contributed by atoms with van der Waals surface area (Å²) in [4.78, 5) is 16.0. The lowest BCUT2D eigenvalue weighted by molar-refractivity contribution is -0.121. The number of aromatic nitrogens is 1. The van der Waals surface area contributed by atoms with Crippen LogP contribution in [0, 0.1) is 0 Å². The van der Waals surface area contributed by atoms with Crippen LogP contribution in [-0.4, -0.2) is 30.6 Å². The molecule has 0 aliphatic heterocycles. The van der Waals surface area contributed by atoms with Crippen LogP contribution in [0.5, 0.6) is 0 Å². The molecule has 1 saturated carbocycles. The smallest absolute Gasteiger partial charge is 0.238 e. The van der Waals surface area contributed by atoms with E-state index < -0.39 is 21.0 Å². The minimum Gasteiger partial charge on any atom is -0.396 e. The first-order valence-corrected chi connectivity index (χ1v) is 8.72. The van der Waals surface area contributed by atoms with Gasteiger partial charge in [-0.2, -0.15) is 0 Å². The Balaban J connectivity index is 2.12. The summed E-state index contributed by atoms with van der Waals surface area (Å²) in [6.45, 7) is 1.38. The van der Waals surface area contributed by atoms with E-state index in [9.17, 15) is 13.2 Å². The maximum absolute atomic E-state index is 12.4. The van der Waals surface area contributed by atoms with Crippen molar-refractivity contribution < 1.29 is 13.2 Å². The molecule has 2 rings (SSSR count). The predicted octanol–water partition coefficient (Wildman–Crippen LogP) is 1.27. The van der Waals surface area contributed by atoms with Gasteiger partial charge < -0.3 is 11.1 Å². The van der Waals surface area contributed by atoms with Crippen molar-refractivity contribution in [1.82, 2.24) is 10.3 Å². The van der Waals surface area contributed by atoms with Gasteiger partial charge in [0.1, 0.15) is 5.25 Å². The van der Waals surface area contributed by atoms with E-state index in [1.807, 2.05) is 0 Å². The van der Waals surface area contributed by atoms with Crippen LogP contribution in [0.15, 0.2) is 23.4 Å². The summed E-state index contributed by atoms with van der Waals surface area (Å²) < 4.78 is 24.9. The van der Waals surface area contributed by atoms with E-state index >= 15 is 0 Å². The Morgan fingerprint density at radius 1 is 1.38 bits per heavy atom. The summed E-state index contributed by atoms with van der Waals surface area (Å²) in [7, 11) is -3.87. The number of nitrogens with zero attached hydrogens (tertiary/aromatic N) is 1. The number of rotatable bonds is 4. The van der Waals surface area contributed by atoms with Crippen molar-refractivity contribution >= 4 is 21.4 Å².